The van der Waals surface area contributed by atoms with Crippen LogP contribution in [0.2, 0.25) is 0 Å². The molecule has 1 saturated carbocycles. The first-order chi connectivity index (χ1) is 8.75. The van der Waals surface area contributed by atoms with Crippen LogP contribution in [-0.4, -0.2) is 17.9 Å². The van der Waals surface area contributed by atoms with Crippen LogP contribution in [0.25, 0.3) is 0 Å². The Morgan fingerprint density at radius 2 is 2.00 bits per heavy atom. The molecule has 1 fully saturated rings. The second kappa shape index (κ2) is 6.54. The lowest BCUT2D eigenvalue weighted by molar-refractivity contribution is -0.139. The SMILES string of the molecule is O=C(NCc1cccs1)C(=O)NC1CCCCC1. The Bertz CT molecular complexity index is 397. The second-order valence-electron chi connectivity index (χ2n) is 4.57. The minimum absolute atomic E-state index is 0.179. The molecule has 98 valence electrons. The summed E-state index contributed by atoms with van der Waals surface area (Å²) < 4.78 is 0. The third-order valence-electron chi connectivity index (χ3n) is 3.15. The van der Waals surface area contributed by atoms with E-state index in [1.807, 2.05) is 17.5 Å². The molecule has 4 nitrogen and oxygen atoms in total. The summed E-state index contributed by atoms with van der Waals surface area (Å²) >= 11 is 1.57. The normalized spacial score (nSPS) is 16.2. The molecular weight excluding hydrogens is 248 g/mol. The fourth-order valence-corrected chi connectivity index (χ4v) is 2.80. The molecule has 18 heavy (non-hydrogen) atoms. The molecule has 0 saturated heterocycles. The van der Waals surface area contributed by atoms with E-state index in [0.717, 1.165) is 30.6 Å². The van der Waals surface area contributed by atoms with Gasteiger partial charge in [0.2, 0.25) is 0 Å². The lowest BCUT2D eigenvalue weighted by Gasteiger charge is -2.22. The Kier molecular flexibility index (Phi) is 4.75. The number of rotatable bonds is 3. The maximum Gasteiger partial charge on any atom is 0.309 e. The summed E-state index contributed by atoms with van der Waals surface area (Å²) in [5, 5.41) is 7.38. The van der Waals surface area contributed by atoms with Crippen LogP contribution in [0.3, 0.4) is 0 Å². The number of carbonyl (C=O) groups is 2. The molecule has 2 N–H and O–H groups in total. The van der Waals surface area contributed by atoms with Crippen LogP contribution in [-0.2, 0) is 16.1 Å². The van der Waals surface area contributed by atoms with Crippen molar-refractivity contribution in [2.45, 2.75) is 44.7 Å². The molecule has 2 rings (SSSR count). The van der Waals surface area contributed by atoms with Crippen molar-refractivity contribution in [2.75, 3.05) is 0 Å². The zero-order chi connectivity index (χ0) is 12.8. The molecule has 5 heteroatoms. The molecule has 1 aromatic rings. The van der Waals surface area contributed by atoms with Crippen molar-refractivity contribution in [1.82, 2.24) is 10.6 Å². The van der Waals surface area contributed by atoms with Crippen molar-refractivity contribution < 1.29 is 9.59 Å². The van der Waals surface area contributed by atoms with E-state index in [-0.39, 0.29) is 6.04 Å². The summed E-state index contributed by atoms with van der Waals surface area (Å²) in [7, 11) is 0. The maximum absolute atomic E-state index is 11.7. The van der Waals surface area contributed by atoms with E-state index in [1.165, 1.54) is 6.42 Å². The lowest BCUT2D eigenvalue weighted by atomic mass is 9.95. The third-order valence-corrected chi connectivity index (χ3v) is 4.03. The van der Waals surface area contributed by atoms with Crippen LogP contribution in [0, 0.1) is 0 Å². The smallest absolute Gasteiger partial charge is 0.309 e. The van der Waals surface area contributed by atoms with Crippen molar-refractivity contribution in [3.63, 3.8) is 0 Å². The molecule has 2 amide bonds. The first-order valence-corrected chi connectivity index (χ1v) is 7.25. The molecule has 0 radical (unpaired) electrons. The van der Waals surface area contributed by atoms with Gasteiger partial charge in [0.05, 0.1) is 6.54 Å². The van der Waals surface area contributed by atoms with E-state index in [0.29, 0.717) is 6.54 Å². The van der Waals surface area contributed by atoms with Gasteiger partial charge in [-0.05, 0) is 24.3 Å². The highest BCUT2D eigenvalue weighted by molar-refractivity contribution is 7.09. The molecule has 1 aliphatic rings. The first kappa shape index (κ1) is 13.1. The van der Waals surface area contributed by atoms with E-state index in [9.17, 15) is 9.59 Å². The largest absolute Gasteiger partial charge is 0.345 e. The van der Waals surface area contributed by atoms with Crippen molar-refractivity contribution in [3.05, 3.63) is 22.4 Å². The maximum atomic E-state index is 11.7. The van der Waals surface area contributed by atoms with Crippen molar-refractivity contribution >= 4 is 23.2 Å². The molecule has 0 unspecified atom stereocenters. The highest BCUT2D eigenvalue weighted by Gasteiger charge is 2.19. The Labute approximate surface area is 111 Å². The topological polar surface area (TPSA) is 58.2 Å². The summed E-state index contributed by atoms with van der Waals surface area (Å²) in [6, 6.07) is 4.04. The van der Waals surface area contributed by atoms with Gasteiger partial charge in [-0.3, -0.25) is 9.59 Å². The lowest BCUT2D eigenvalue weighted by Crippen LogP contribution is -2.44. The van der Waals surface area contributed by atoms with E-state index >= 15 is 0 Å². The van der Waals surface area contributed by atoms with E-state index in [4.69, 9.17) is 0 Å². The fraction of sp³-hybridized carbons (Fsp3) is 0.538. The fourth-order valence-electron chi connectivity index (χ4n) is 2.16. The zero-order valence-corrected chi connectivity index (χ0v) is 11.1. The molecule has 0 aliphatic heterocycles. The van der Waals surface area contributed by atoms with Gasteiger partial charge in [0, 0.05) is 10.9 Å². The monoisotopic (exact) mass is 266 g/mol. The molecule has 1 aliphatic carbocycles. The van der Waals surface area contributed by atoms with Gasteiger partial charge in [-0.15, -0.1) is 11.3 Å². The Morgan fingerprint density at radius 3 is 2.67 bits per heavy atom. The highest BCUT2D eigenvalue weighted by atomic mass is 32.1. The van der Waals surface area contributed by atoms with Gasteiger partial charge < -0.3 is 10.6 Å². The summed E-state index contributed by atoms with van der Waals surface area (Å²) in [5.41, 5.74) is 0. The van der Waals surface area contributed by atoms with Gasteiger partial charge >= 0.3 is 11.8 Å². The number of thiophene rings is 1. The predicted molar refractivity (Wildman–Crippen MR) is 71.2 cm³/mol. The molecular formula is C13H18N2O2S. The van der Waals surface area contributed by atoms with Crippen LogP contribution in [0.15, 0.2) is 17.5 Å². The highest BCUT2D eigenvalue weighted by Crippen LogP contribution is 2.17. The molecule has 0 aromatic carbocycles. The number of hydrogen-bond acceptors (Lipinski definition) is 3. The molecule has 0 spiro atoms. The summed E-state index contributed by atoms with van der Waals surface area (Å²) in [6.07, 6.45) is 5.49. The van der Waals surface area contributed by atoms with Crippen LogP contribution < -0.4 is 10.6 Å². The van der Waals surface area contributed by atoms with Crippen LogP contribution in [0.1, 0.15) is 37.0 Å². The predicted octanol–water partition coefficient (Wildman–Crippen LogP) is 1.81. The molecule has 0 atom stereocenters. The van der Waals surface area contributed by atoms with E-state index in [2.05, 4.69) is 10.6 Å². The number of amides is 2. The quantitative estimate of drug-likeness (QED) is 0.820. The van der Waals surface area contributed by atoms with Gasteiger partial charge in [0.15, 0.2) is 0 Å². The van der Waals surface area contributed by atoms with Gasteiger partial charge in [0.25, 0.3) is 0 Å². The van der Waals surface area contributed by atoms with Gasteiger partial charge in [-0.1, -0.05) is 25.3 Å². The van der Waals surface area contributed by atoms with Crippen molar-refractivity contribution in [3.8, 4) is 0 Å². The second-order valence-corrected chi connectivity index (χ2v) is 5.60. The Hall–Kier alpha value is -1.36. The molecule has 1 aromatic heterocycles. The summed E-state index contributed by atoms with van der Waals surface area (Å²) in [6.45, 7) is 0.425. The average Bonchev–Trinajstić information content (AvgIpc) is 2.90. The van der Waals surface area contributed by atoms with E-state index < -0.39 is 11.8 Å². The summed E-state index contributed by atoms with van der Waals surface area (Å²) in [4.78, 5) is 24.3. The molecule has 0 bridgehead atoms. The van der Waals surface area contributed by atoms with Crippen LogP contribution in [0.4, 0.5) is 0 Å². The Balaban J connectivity index is 1.72. The minimum atomic E-state index is -0.533. The van der Waals surface area contributed by atoms with Gasteiger partial charge in [-0.2, -0.15) is 0 Å². The van der Waals surface area contributed by atoms with Crippen molar-refractivity contribution in [1.29, 1.82) is 0 Å². The number of carbonyl (C=O) groups excluding carboxylic acids is 2. The van der Waals surface area contributed by atoms with Crippen molar-refractivity contribution in [2.24, 2.45) is 0 Å². The Morgan fingerprint density at radius 1 is 1.22 bits per heavy atom. The number of nitrogens with one attached hydrogen (secondary N) is 2. The standard InChI is InChI=1S/C13H18N2O2S/c16-12(14-9-11-7-4-8-18-11)13(17)15-10-5-2-1-3-6-10/h4,7-8,10H,1-3,5-6,9H2,(H,14,16)(H,15,17). The summed E-state index contributed by atoms with van der Waals surface area (Å²) in [5.74, 6) is -1.03. The minimum Gasteiger partial charge on any atom is -0.345 e. The zero-order valence-electron chi connectivity index (χ0n) is 10.3. The van der Waals surface area contributed by atoms with Gasteiger partial charge in [0.1, 0.15) is 0 Å². The number of hydrogen-bond donors (Lipinski definition) is 2. The molecule has 1 heterocycles. The third kappa shape index (κ3) is 3.84. The van der Waals surface area contributed by atoms with Gasteiger partial charge in [-0.25, -0.2) is 0 Å². The average molecular weight is 266 g/mol. The van der Waals surface area contributed by atoms with Crippen LogP contribution in [0.5, 0.6) is 0 Å². The van der Waals surface area contributed by atoms with Crippen LogP contribution >= 0.6 is 11.3 Å². The first-order valence-electron chi connectivity index (χ1n) is 6.37. The van der Waals surface area contributed by atoms with E-state index in [1.54, 1.807) is 11.3 Å².